The van der Waals surface area contributed by atoms with Gasteiger partial charge < -0.3 is 9.47 Å². The molecule has 0 saturated carbocycles. The predicted octanol–water partition coefficient (Wildman–Crippen LogP) is 5.58. The summed E-state index contributed by atoms with van der Waals surface area (Å²) in [4.78, 5) is 14.9. The maximum atomic E-state index is 15.2. The molecule has 1 aliphatic heterocycles. The van der Waals surface area contributed by atoms with E-state index in [0.717, 1.165) is 37.1 Å². The summed E-state index contributed by atoms with van der Waals surface area (Å²) in [7, 11) is -4.20. The Balaban J connectivity index is 1.77. The van der Waals surface area contributed by atoms with Crippen LogP contribution in [0.1, 0.15) is 24.0 Å². The molecular weight excluding hydrogens is 487 g/mol. The van der Waals surface area contributed by atoms with Gasteiger partial charge in [-0.3, -0.25) is 4.79 Å². The Bertz CT molecular complexity index is 1610. The van der Waals surface area contributed by atoms with E-state index in [1.807, 2.05) is 36.1 Å². The van der Waals surface area contributed by atoms with Gasteiger partial charge in [0.25, 0.3) is 0 Å². The molecule has 0 N–H and O–H groups in total. The second-order valence-electron chi connectivity index (χ2n) is 8.92. The Labute approximate surface area is 208 Å². The van der Waals surface area contributed by atoms with Gasteiger partial charge in [-0.05, 0) is 55.7 Å². The van der Waals surface area contributed by atoms with Gasteiger partial charge in [-0.25, -0.2) is 12.8 Å². The van der Waals surface area contributed by atoms with Gasteiger partial charge in [0.1, 0.15) is 10.7 Å². The predicted molar refractivity (Wildman–Crippen MR) is 137 cm³/mol. The maximum absolute atomic E-state index is 15.2. The molecule has 0 aliphatic carbocycles. The maximum Gasteiger partial charge on any atom is 0.211 e. The van der Waals surface area contributed by atoms with Crippen LogP contribution in [0.4, 0.5) is 10.1 Å². The Morgan fingerprint density at radius 1 is 1.00 bits per heavy atom. The number of pyridine rings is 1. The molecule has 5 rings (SSSR count). The Morgan fingerprint density at radius 2 is 1.74 bits per heavy atom. The number of fused-ring (bicyclic) bond motifs is 1. The molecule has 0 bridgehead atoms. The van der Waals surface area contributed by atoms with E-state index in [1.165, 1.54) is 30.5 Å². The molecule has 5 nitrogen and oxygen atoms in total. The minimum Gasteiger partial charge on any atom is -0.369 e. The molecule has 1 saturated heterocycles. The molecule has 0 spiro atoms. The number of aromatic nitrogens is 1. The van der Waals surface area contributed by atoms with Crippen molar-refractivity contribution >= 4 is 38.0 Å². The first-order valence-corrected chi connectivity index (χ1v) is 13.3. The highest BCUT2D eigenvalue weighted by molar-refractivity contribution is 7.91. The zero-order valence-corrected chi connectivity index (χ0v) is 20.7. The third-order valence-corrected chi connectivity index (χ3v) is 8.37. The van der Waals surface area contributed by atoms with Crippen molar-refractivity contribution in [2.24, 2.45) is 0 Å². The lowest BCUT2D eigenvalue weighted by Crippen LogP contribution is -2.22. The lowest BCUT2D eigenvalue weighted by molar-refractivity contribution is 0.593. The van der Waals surface area contributed by atoms with Crippen LogP contribution in [0.5, 0.6) is 0 Å². The summed E-state index contributed by atoms with van der Waals surface area (Å²) in [6, 6.07) is 16.5. The number of anilines is 1. The molecule has 1 aliphatic rings. The van der Waals surface area contributed by atoms with Crippen LogP contribution >= 0.6 is 11.6 Å². The summed E-state index contributed by atoms with van der Waals surface area (Å²) >= 11 is 6.02. The lowest BCUT2D eigenvalue weighted by atomic mass is 10.1. The first-order valence-electron chi connectivity index (χ1n) is 11.4. The highest BCUT2D eigenvalue weighted by atomic mass is 35.5. The molecule has 0 radical (unpaired) electrons. The van der Waals surface area contributed by atoms with Gasteiger partial charge in [-0.15, -0.1) is 0 Å². The largest absolute Gasteiger partial charge is 0.369 e. The van der Waals surface area contributed by atoms with Crippen molar-refractivity contribution in [3.8, 4) is 0 Å². The van der Waals surface area contributed by atoms with E-state index in [2.05, 4.69) is 0 Å². The molecule has 1 aromatic heterocycles. The number of benzene rings is 3. The zero-order valence-electron chi connectivity index (χ0n) is 19.2. The summed E-state index contributed by atoms with van der Waals surface area (Å²) in [5, 5.41) is 0.273. The van der Waals surface area contributed by atoms with E-state index < -0.39 is 26.0 Å². The van der Waals surface area contributed by atoms with Crippen LogP contribution in [-0.4, -0.2) is 26.1 Å². The monoisotopic (exact) mass is 510 g/mol. The summed E-state index contributed by atoms with van der Waals surface area (Å²) in [5.41, 5.74) is 2.19. The highest BCUT2D eigenvalue weighted by Crippen LogP contribution is 2.30. The Morgan fingerprint density at radius 3 is 2.46 bits per heavy atom. The van der Waals surface area contributed by atoms with E-state index in [0.29, 0.717) is 17.7 Å². The summed E-state index contributed by atoms with van der Waals surface area (Å²) in [6.45, 7) is 3.78. The van der Waals surface area contributed by atoms with E-state index in [-0.39, 0.29) is 15.3 Å². The topological polar surface area (TPSA) is 59.4 Å². The molecule has 0 amide bonds. The number of nitrogens with zero attached hydrogens (tertiary/aromatic N) is 2. The van der Waals surface area contributed by atoms with Crippen molar-refractivity contribution in [3.63, 3.8) is 0 Å². The van der Waals surface area contributed by atoms with Crippen molar-refractivity contribution in [1.29, 1.82) is 0 Å². The van der Waals surface area contributed by atoms with Gasteiger partial charge in [0.05, 0.1) is 21.5 Å². The van der Waals surface area contributed by atoms with Crippen molar-refractivity contribution in [3.05, 3.63) is 99.1 Å². The lowest BCUT2D eigenvalue weighted by Gasteiger charge is -2.21. The van der Waals surface area contributed by atoms with Crippen molar-refractivity contribution in [2.75, 3.05) is 18.0 Å². The van der Waals surface area contributed by atoms with E-state index in [4.69, 9.17) is 11.6 Å². The molecule has 2 heterocycles. The molecule has 0 atom stereocenters. The van der Waals surface area contributed by atoms with Crippen LogP contribution in [0.25, 0.3) is 10.9 Å². The second-order valence-corrected chi connectivity index (χ2v) is 11.3. The van der Waals surface area contributed by atoms with Crippen LogP contribution in [0.3, 0.4) is 0 Å². The molecule has 4 aromatic rings. The average molecular weight is 511 g/mol. The standard InChI is InChI=1S/C27H24ClFN2O3S/c1-18-6-4-7-19(12-18)16-31-17-26(35(33,34)21-9-5-8-20(28)13-21)27(32)22-14-23(29)25(15-24(22)31)30-10-2-3-11-30/h4-9,12-15,17H,2-3,10-11,16H2,1H3. The third kappa shape index (κ3) is 4.46. The molecule has 3 aromatic carbocycles. The van der Waals surface area contributed by atoms with Gasteiger partial charge in [-0.2, -0.15) is 0 Å². The average Bonchev–Trinajstić information content (AvgIpc) is 3.35. The van der Waals surface area contributed by atoms with Gasteiger partial charge in [0, 0.05) is 30.9 Å². The first kappa shape index (κ1) is 23.6. The first-order chi connectivity index (χ1) is 16.7. The molecule has 180 valence electrons. The molecular formula is C27H24ClFN2O3S. The normalized spacial score (nSPS) is 14.1. The summed E-state index contributed by atoms with van der Waals surface area (Å²) in [6.07, 6.45) is 3.32. The van der Waals surface area contributed by atoms with Crippen LogP contribution in [-0.2, 0) is 16.4 Å². The fraction of sp³-hybridized carbons (Fsp3) is 0.222. The summed E-state index contributed by atoms with van der Waals surface area (Å²) in [5.74, 6) is -0.532. The third-order valence-electron chi connectivity index (χ3n) is 6.39. The Kier molecular flexibility index (Phi) is 6.15. The van der Waals surface area contributed by atoms with Crippen LogP contribution < -0.4 is 10.3 Å². The number of hydrogen-bond acceptors (Lipinski definition) is 4. The second kappa shape index (κ2) is 9.13. The van der Waals surface area contributed by atoms with Crippen molar-refractivity contribution in [2.45, 2.75) is 36.1 Å². The van der Waals surface area contributed by atoms with Crippen LogP contribution in [0, 0.1) is 12.7 Å². The molecule has 35 heavy (non-hydrogen) atoms. The zero-order chi connectivity index (χ0) is 24.7. The van der Waals surface area contributed by atoms with E-state index >= 15 is 4.39 Å². The SMILES string of the molecule is Cc1cccc(Cn2cc(S(=O)(=O)c3cccc(Cl)c3)c(=O)c3cc(F)c(N4CCCC4)cc32)c1. The highest BCUT2D eigenvalue weighted by Gasteiger charge is 2.26. The molecule has 1 fully saturated rings. The minimum atomic E-state index is -4.20. The number of halogens is 2. The van der Waals surface area contributed by atoms with Gasteiger partial charge in [-0.1, -0.05) is 47.5 Å². The van der Waals surface area contributed by atoms with Gasteiger partial charge in [0.2, 0.25) is 15.3 Å². The smallest absolute Gasteiger partial charge is 0.211 e. The van der Waals surface area contributed by atoms with Crippen molar-refractivity contribution < 1.29 is 12.8 Å². The van der Waals surface area contributed by atoms with Crippen molar-refractivity contribution in [1.82, 2.24) is 4.57 Å². The van der Waals surface area contributed by atoms with E-state index in [9.17, 15) is 13.2 Å². The summed E-state index contributed by atoms with van der Waals surface area (Å²) < 4.78 is 43.9. The molecule has 8 heteroatoms. The number of sulfone groups is 1. The van der Waals surface area contributed by atoms with Crippen LogP contribution in [0.2, 0.25) is 5.02 Å². The van der Waals surface area contributed by atoms with Crippen LogP contribution in [0.15, 0.2) is 81.4 Å². The van der Waals surface area contributed by atoms with Gasteiger partial charge in [0.15, 0.2) is 0 Å². The van der Waals surface area contributed by atoms with E-state index in [1.54, 1.807) is 16.7 Å². The number of aryl methyl sites for hydroxylation is 1. The van der Waals surface area contributed by atoms with Gasteiger partial charge >= 0.3 is 0 Å². The number of hydrogen-bond donors (Lipinski definition) is 0. The minimum absolute atomic E-state index is 0.0289. The fourth-order valence-corrected chi connectivity index (χ4v) is 6.33. The quantitative estimate of drug-likeness (QED) is 0.351. The Hall–Kier alpha value is -3.16. The fourth-order valence-electron chi connectivity index (χ4n) is 4.66. The number of rotatable bonds is 5. The molecule has 0 unspecified atom stereocenters.